The maximum atomic E-state index is 8.16. The highest BCUT2D eigenvalue weighted by Gasteiger charge is 2.40. The second-order valence-electron chi connectivity index (χ2n) is 7.25. The van der Waals surface area contributed by atoms with E-state index in [2.05, 4.69) is 12.2 Å². The lowest BCUT2D eigenvalue weighted by atomic mass is 9.83. The lowest BCUT2D eigenvalue weighted by Gasteiger charge is -2.44. The highest BCUT2D eigenvalue weighted by atomic mass is 16.6. The summed E-state index contributed by atoms with van der Waals surface area (Å²) in [5.74, 6) is 1.90. The van der Waals surface area contributed by atoms with E-state index in [1.54, 1.807) is 4.90 Å². The Bertz CT molecular complexity index is 554. The average molecular weight is 331 g/mol. The Morgan fingerprint density at radius 3 is 2.62 bits per heavy atom. The van der Waals surface area contributed by atoms with Gasteiger partial charge in [0.25, 0.3) is 0 Å². The van der Waals surface area contributed by atoms with Crippen LogP contribution in [0.2, 0.25) is 0 Å². The summed E-state index contributed by atoms with van der Waals surface area (Å²) in [5.41, 5.74) is 0.617. The molecule has 24 heavy (non-hydrogen) atoms. The lowest BCUT2D eigenvalue weighted by Crippen LogP contribution is -2.64. The molecule has 1 aromatic carbocycles. The molecular formula is C19H29N3O2. The van der Waals surface area contributed by atoms with Crippen LogP contribution in [0.1, 0.15) is 44.1 Å². The molecule has 1 unspecified atom stereocenters. The van der Waals surface area contributed by atoms with Gasteiger partial charge in [0.1, 0.15) is 19.1 Å². The fourth-order valence-electron chi connectivity index (χ4n) is 3.57. The first-order valence-electron chi connectivity index (χ1n) is 8.98. The molecule has 1 saturated carbocycles. The van der Waals surface area contributed by atoms with Crippen molar-refractivity contribution in [3.05, 3.63) is 29.8 Å². The number of hydrogen-bond acceptors (Lipinski definition) is 3. The fourth-order valence-corrected chi connectivity index (χ4v) is 3.57. The molecule has 2 fully saturated rings. The van der Waals surface area contributed by atoms with E-state index in [-0.39, 0.29) is 0 Å². The minimum Gasteiger partial charge on any atom is -0.489 e. The molecule has 1 atom stereocenters. The van der Waals surface area contributed by atoms with Crippen molar-refractivity contribution < 1.29 is 9.47 Å². The molecule has 132 valence electrons. The van der Waals surface area contributed by atoms with Crippen molar-refractivity contribution in [2.24, 2.45) is 5.92 Å². The molecule has 1 saturated heterocycles. The highest BCUT2D eigenvalue weighted by Crippen LogP contribution is 2.33. The number of hydrogen-bond donors (Lipinski definition) is 2. The Hall–Kier alpha value is -1.75. The molecule has 5 nitrogen and oxygen atoms in total. The topological polar surface area (TPSA) is 57.6 Å². The van der Waals surface area contributed by atoms with E-state index in [4.69, 9.17) is 14.9 Å². The van der Waals surface area contributed by atoms with Gasteiger partial charge in [-0.2, -0.15) is 0 Å². The molecule has 1 heterocycles. The zero-order valence-electron chi connectivity index (χ0n) is 14.8. The van der Waals surface area contributed by atoms with E-state index in [0.29, 0.717) is 25.2 Å². The maximum Gasteiger partial charge on any atom is 0.194 e. The van der Waals surface area contributed by atoms with Crippen LogP contribution in [-0.4, -0.2) is 37.0 Å². The molecule has 0 spiro atoms. The molecule has 2 N–H and O–H groups in total. The SMILES string of the molecule is Cc1ccc(OCC2(CC3CCCCC3)NC(=N)N(C)CO2)cc1. The average Bonchev–Trinajstić information content (AvgIpc) is 2.59. The summed E-state index contributed by atoms with van der Waals surface area (Å²) in [6.07, 6.45) is 7.35. The third kappa shape index (κ3) is 4.20. The molecule has 3 rings (SSSR count). The maximum absolute atomic E-state index is 8.16. The largest absolute Gasteiger partial charge is 0.489 e. The number of guanidine groups is 1. The van der Waals surface area contributed by atoms with Gasteiger partial charge in [0, 0.05) is 13.5 Å². The van der Waals surface area contributed by atoms with Gasteiger partial charge in [-0.05, 0) is 25.0 Å². The zero-order chi connectivity index (χ0) is 17.0. The van der Waals surface area contributed by atoms with Crippen LogP contribution in [-0.2, 0) is 4.74 Å². The molecule has 0 bridgehead atoms. The molecule has 2 aliphatic rings. The van der Waals surface area contributed by atoms with E-state index in [1.165, 1.54) is 37.7 Å². The highest BCUT2D eigenvalue weighted by molar-refractivity contribution is 5.77. The van der Waals surface area contributed by atoms with Crippen LogP contribution in [0.15, 0.2) is 24.3 Å². The van der Waals surface area contributed by atoms with Crippen LogP contribution >= 0.6 is 0 Å². The van der Waals surface area contributed by atoms with Crippen LogP contribution in [0.25, 0.3) is 0 Å². The van der Waals surface area contributed by atoms with Gasteiger partial charge in [-0.15, -0.1) is 0 Å². The Labute approximate surface area is 144 Å². The predicted octanol–water partition coefficient (Wildman–Crippen LogP) is 3.48. The lowest BCUT2D eigenvalue weighted by molar-refractivity contribution is -0.141. The molecule has 1 aliphatic heterocycles. The summed E-state index contributed by atoms with van der Waals surface area (Å²) in [7, 11) is 1.86. The smallest absolute Gasteiger partial charge is 0.194 e. The molecule has 0 amide bonds. The van der Waals surface area contributed by atoms with Gasteiger partial charge in [0.15, 0.2) is 11.7 Å². The van der Waals surface area contributed by atoms with Crippen molar-refractivity contribution in [1.29, 1.82) is 5.41 Å². The molecule has 1 aliphatic carbocycles. The zero-order valence-corrected chi connectivity index (χ0v) is 14.8. The molecular weight excluding hydrogens is 302 g/mol. The second-order valence-corrected chi connectivity index (χ2v) is 7.25. The monoisotopic (exact) mass is 331 g/mol. The van der Waals surface area contributed by atoms with Gasteiger partial charge in [-0.25, -0.2) is 0 Å². The molecule has 0 radical (unpaired) electrons. The normalized spacial score (nSPS) is 25.4. The standard InChI is InChI=1S/C19H29N3O2/c1-15-8-10-17(11-9-15)23-13-19(12-16-6-4-3-5-7-16)21-18(20)22(2)14-24-19/h8-11,16H,3-7,12-14H2,1-2H3,(H2,20,21). The van der Waals surface area contributed by atoms with E-state index >= 15 is 0 Å². The number of nitrogens with one attached hydrogen (secondary N) is 2. The summed E-state index contributed by atoms with van der Waals surface area (Å²) in [4.78, 5) is 1.77. The number of benzene rings is 1. The minimum atomic E-state index is -0.601. The van der Waals surface area contributed by atoms with Gasteiger partial charge in [0.2, 0.25) is 0 Å². The van der Waals surface area contributed by atoms with Crippen molar-refractivity contribution >= 4 is 5.96 Å². The van der Waals surface area contributed by atoms with E-state index in [0.717, 1.165) is 12.2 Å². The van der Waals surface area contributed by atoms with Gasteiger partial charge in [0.05, 0.1) is 0 Å². The summed E-state index contributed by atoms with van der Waals surface area (Å²) in [6, 6.07) is 8.08. The molecule has 5 heteroatoms. The van der Waals surface area contributed by atoms with Crippen LogP contribution in [0.4, 0.5) is 0 Å². The van der Waals surface area contributed by atoms with Crippen LogP contribution in [0, 0.1) is 18.3 Å². The third-order valence-corrected chi connectivity index (χ3v) is 5.10. The predicted molar refractivity (Wildman–Crippen MR) is 95.2 cm³/mol. The van der Waals surface area contributed by atoms with Gasteiger partial charge in [-0.3, -0.25) is 5.41 Å². The van der Waals surface area contributed by atoms with Crippen LogP contribution in [0.3, 0.4) is 0 Å². The summed E-state index contributed by atoms with van der Waals surface area (Å²) < 4.78 is 12.2. The number of ether oxygens (including phenoxy) is 2. The van der Waals surface area contributed by atoms with Crippen molar-refractivity contribution in [3.8, 4) is 5.75 Å². The summed E-state index contributed by atoms with van der Waals surface area (Å²) >= 11 is 0. The fraction of sp³-hybridized carbons (Fsp3) is 0.632. The van der Waals surface area contributed by atoms with E-state index < -0.39 is 5.72 Å². The number of nitrogens with zero attached hydrogens (tertiary/aromatic N) is 1. The van der Waals surface area contributed by atoms with Gasteiger partial charge in [-0.1, -0.05) is 49.8 Å². The first kappa shape index (κ1) is 17.1. The second kappa shape index (κ2) is 7.43. The quantitative estimate of drug-likeness (QED) is 0.867. The Balaban J connectivity index is 1.68. The van der Waals surface area contributed by atoms with Gasteiger partial charge < -0.3 is 19.7 Å². The van der Waals surface area contributed by atoms with E-state index in [9.17, 15) is 0 Å². The van der Waals surface area contributed by atoms with E-state index in [1.807, 2.05) is 31.3 Å². The van der Waals surface area contributed by atoms with Crippen LogP contribution < -0.4 is 10.1 Å². The first-order valence-corrected chi connectivity index (χ1v) is 8.98. The minimum absolute atomic E-state index is 0.407. The Kier molecular flexibility index (Phi) is 5.29. The Morgan fingerprint density at radius 2 is 1.96 bits per heavy atom. The molecule has 0 aromatic heterocycles. The third-order valence-electron chi connectivity index (χ3n) is 5.10. The summed E-state index contributed by atoms with van der Waals surface area (Å²) in [5, 5.41) is 11.4. The number of aryl methyl sites for hydroxylation is 1. The first-order chi connectivity index (χ1) is 11.6. The summed E-state index contributed by atoms with van der Waals surface area (Å²) in [6.45, 7) is 2.91. The number of rotatable bonds is 5. The Morgan fingerprint density at radius 1 is 1.25 bits per heavy atom. The molecule has 1 aromatic rings. The van der Waals surface area contributed by atoms with Crippen molar-refractivity contribution in [1.82, 2.24) is 10.2 Å². The van der Waals surface area contributed by atoms with Crippen molar-refractivity contribution in [2.45, 2.75) is 51.2 Å². The van der Waals surface area contributed by atoms with Crippen molar-refractivity contribution in [3.63, 3.8) is 0 Å². The van der Waals surface area contributed by atoms with Crippen molar-refractivity contribution in [2.75, 3.05) is 20.4 Å². The van der Waals surface area contributed by atoms with Gasteiger partial charge >= 0.3 is 0 Å². The van der Waals surface area contributed by atoms with Crippen LogP contribution in [0.5, 0.6) is 5.75 Å².